The van der Waals surface area contributed by atoms with Gasteiger partial charge in [-0.3, -0.25) is 4.79 Å². The summed E-state index contributed by atoms with van der Waals surface area (Å²) in [7, 11) is 2.32. The molecule has 5 heteroatoms. The summed E-state index contributed by atoms with van der Waals surface area (Å²) in [5.41, 5.74) is -1.94. The van der Waals surface area contributed by atoms with Gasteiger partial charge in [-0.05, 0) is 5.56 Å². The molecule has 0 saturated carbocycles. The van der Waals surface area contributed by atoms with Gasteiger partial charge in [-0.25, -0.2) is 4.79 Å². The SMILES string of the molecule is C=C/C=C/C(C(=O)OC)C(O)(C(=O)OC)c1ccccc1. The summed E-state index contributed by atoms with van der Waals surface area (Å²) in [5, 5.41) is 10.9. The van der Waals surface area contributed by atoms with Crippen molar-refractivity contribution in [1.82, 2.24) is 0 Å². The maximum Gasteiger partial charge on any atom is 0.343 e. The van der Waals surface area contributed by atoms with Gasteiger partial charge in [0.15, 0.2) is 0 Å². The molecule has 0 aliphatic heterocycles. The number of esters is 2. The van der Waals surface area contributed by atoms with Crippen LogP contribution in [0.15, 0.2) is 55.1 Å². The van der Waals surface area contributed by atoms with Crippen LogP contribution in [0.1, 0.15) is 5.56 Å². The first kappa shape index (κ1) is 16.7. The molecule has 0 bridgehead atoms. The molecule has 1 aromatic carbocycles. The van der Waals surface area contributed by atoms with E-state index in [1.807, 2.05) is 0 Å². The number of benzene rings is 1. The van der Waals surface area contributed by atoms with E-state index < -0.39 is 23.5 Å². The fraction of sp³-hybridized carbons (Fsp3) is 0.250. The predicted octanol–water partition coefficient (Wildman–Crippen LogP) is 1.58. The van der Waals surface area contributed by atoms with Crippen molar-refractivity contribution in [2.45, 2.75) is 5.60 Å². The molecular formula is C16H18O5. The van der Waals surface area contributed by atoms with E-state index in [4.69, 9.17) is 0 Å². The zero-order valence-corrected chi connectivity index (χ0v) is 12.0. The molecule has 21 heavy (non-hydrogen) atoms. The highest BCUT2D eigenvalue weighted by Crippen LogP contribution is 2.33. The molecule has 0 fully saturated rings. The van der Waals surface area contributed by atoms with Gasteiger partial charge < -0.3 is 14.6 Å². The summed E-state index contributed by atoms with van der Waals surface area (Å²) < 4.78 is 9.35. The van der Waals surface area contributed by atoms with Crippen LogP contribution < -0.4 is 0 Å². The Morgan fingerprint density at radius 3 is 2.33 bits per heavy atom. The van der Waals surface area contributed by atoms with Gasteiger partial charge in [0.25, 0.3) is 0 Å². The molecule has 0 saturated heterocycles. The molecule has 2 atom stereocenters. The third-order valence-electron chi connectivity index (χ3n) is 3.06. The Hall–Kier alpha value is -2.40. The molecule has 0 aliphatic rings. The molecule has 0 spiro atoms. The van der Waals surface area contributed by atoms with Crippen molar-refractivity contribution in [2.24, 2.45) is 5.92 Å². The van der Waals surface area contributed by atoms with Gasteiger partial charge in [-0.2, -0.15) is 0 Å². The Labute approximate surface area is 123 Å². The highest BCUT2D eigenvalue weighted by atomic mass is 16.5. The average molecular weight is 290 g/mol. The summed E-state index contributed by atoms with van der Waals surface area (Å²) in [6, 6.07) is 8.10. The lowest BCUT2D eigenvalue weighted by atomic mass is 9.80. The second-order valence-electron chi connectivity index (χ2n) is 4.25. The van der Waals surface area contributed by atoms with Crippen molar-refractivity contribution < 1.29 is 24.2 Å². The van der Waals surface area contributed by atoms with E-state index in [-0.39, 0.29) is 5.56 Å². The van der Waals surface area contributed by atoms with E-state index in [2.05, 4.69) is 16.1 Å². The van der Waals surface area contributed by atoms with Gasteiger partial charge in [-0.15, -0.1) is 0 Å². The van der Waals surface area contributed by atoms with Crippen LogP contribution in [-0.4, -0.2) is 31.3 Å². The van der Waals surface area contributed by atoms with Crippen molar-refractivity contribution in [3.8, 4) is 0 Å². The summed E-state index contributed by atoms with van der Waals surface area (Å²) in [6.07, 6.45) is 4.24. The lowest BCUT2D eigenvalue weighted by Crippen LogP contribution is -2.47. The number of carbonyl (C=O) groups excluding carboxylic acids is 2. The molecule has 2 unspecified atom stereocenters. The second kappa shape index (κ2) is 7.40. The smallest absolute Gasteiger partial charge is 0.343 e. The summed E-state index contributed by atoms with van der Waals surface area (Å²) in [4.78, 5) is 24.1. The van der Waals surface area contributed by atoms with Crippen LogP contribution in [0.4, 0.5) is 0 Å². The monoisotopic (exact) mass is 290 g/mol. The van der Waals surface area contributed by atoms with Crippen molar-refractivity contribution in [3.05, 3.63) is 60.7 Å². The third-order valence-corrected chi connectivity index (χ3v) is 3.06. The van der Waals surface area contributed by atoms with Crippen LogP contribution in [0, 0.1) is 5.92 Å². The van der Waals surface area contributed by atoms with E-state index in [0.29, 0.717) is 0 Å². The molecule has 0 amide bonds. The summed E-state index contributed by atoms with van der Waals surface area (Å²) in [5.74, 6) is -2.96. The molecule has 0 aromatic heterocycles. The zero-order valence-electron chi connectivity index (χ0n) is 12.0. The van der Waals surface area contributed by atoms with Crippen LogP contribution in [0.5, 0.6) is 0 Å². The van der Waals surface area contributed by atoms with Gasteiger partial charge in [0.1, 0.15) is 5.92 Å². The van der Waals surface area contributed by atoms with Crippen molar-refractivity contribution in [1.29, 1.82) is 0 Å². The second-order valence-corrected chi connectivity index (χ2v) is 4.25. The minimum absolute atomic E-state index is 0.237. The number of hydrogen-bond acceptors (Lipinski definition) is 5. The van der Waals surface area contributed by atoms with Crippen molar-refractivity contribution >= 4 is 11.9 Å². The summed E-state index contributed by atoms with van der Waals surface area (Å²) >= 11 is 0. The molecular weight excluding hydrogens is 272 g/mol. The number of rotatable bonds is 6. The number of aliphatic hydroxyl groups is 1. The molecule has 5 nitrogen and oxygen atoms in total. The first-order chi connectivity index (χ1) is 10.0. The van der Waals surface area contributed by atoms with Crippen LogP contribution >= 0.6 is 0 Å². The molecule has 0 aliphatic carbocycles. The third kappa shape index (κ3) is 3.38. The molecule has 1 rings (SSSR count). The average Bonchev–Trinajstić information content (AvgIpc) is 2.54. The molecule has 1 aromatic rings. The van der Waals surface area contributed by atoms with E-state index in [1.165, 1.54) is 37.5 Å². The molecule has 0 heterocycles. The van der Waals surface area contributed by atoms with Crippen LogP contribution in [-0.2, 0) is 24.7 Å². The maximum atomic E-state index is 12.1. The van der Waals surface area contributed by atoms with E-state index >= 15 is 0 Å². The van der Waals surface area contributed by atoms with Gasteiger partial charge in [0.05, 0.1) is 14.2 Å². The number of carbonyl (C=O) groups is 2. The molecule has 112 valence electrons. The Bertz CT molecular complexity index is 535. The lowest BCUT2D eigenvalue weighted by molar-refractivity contribution is -0.176. The van der Waals surface area contributed by atoms with Crippen LogP contribution in [0.3, 0.4) is 0 Å². The quantitative estimate of drug-likeness (QED) is 0.636. The van der Waals surface area contributed by atoms with E-state index in [0.717, 1.165) is 7.11 Å². The topological polar surface area (TPSA) is 72.8 Å². The number of hydrogen-bond donors (Lipinski definition) is 1. The van der Waals surface area contributed by atoms with Gasteiger partial charge in [-0.1, -0.05) is 55.1 Å². The summed E-state index contributed by atoms with van der Waals surface area (Å²) in [6.45, 7) is 3.50. The Balaban J connectivity index is 3.46. The van der Waals surface area contributed by atoms with Gasteiger partial charge in [0, 0.05) is 0 Å². The highest BCUT2D eigenvalue weighted by Gasteiger charge is 2.49. The largest absolute Gasteiger partial charge is 0.468 e. The standard InChI is InChI=1S/C16H18O5/c1-4-5-11-13(14(17)20-2)16(19,15(18)21-3)12-9-7-6-8-10-12/h4-11,13,19H,1H2,2-3H3/b11-5+. The number of allylic oxidation sites excluding steroid dienone is 2. The first-order valence-electron chi connectivity index (χ1n) is 6.25. The fourth-order valence-corrected chi connectivity index (χ4v) is 1.98. The maximum absolute atomic E-state index is 12.1. The Morgan fingerprint density at radius 1 is 1.24 bits per heavy atom. The van der Waals surface area contributed by atoms with E-state index in [9.17, 15) is 14.7 Å². The minimum Gasteiger partial charge on any atom is -0.468 e. The van der Waals surface area contributed by atoms with Gasteiger partial charge >= 0.3 is 11.9 Å². The number of ether oxygens (including phenoxy) is 2. The zero-order chi connectivity index (χ0) is 15.9. The predicted molar refractivity (Wildman–Crippen MR) is 77.2 cm³/mol. The highest BCUT2D eigenvalue weighted by molar-refractivity contribution is 5.89. The minimum atomic E-state index is -2.18. The Kier molecular flexibility index (Phi) is 5.87. The van der Waals surface area contributed by atoms with Crippen LogP contribution in [0.25, 0.3) is 0 Å². The fourth-order valence-electron chi connectivity index (χ4n) is 1.98. The molecule has 1 N–H and O–H groups in total. The molecule has 0 radical (unpaired) electrons. The van der Waals surface area contributed by atoms with Crippen molar-refractivity contribution in [2.75, 3.05) is 14.2 Å². The first-order valence-corrected chi connectivity index (χ1v) is 6.25. The number of methoxy groups -OCH3 is 2. The van der Waals surface area contributed by atoms with Crippen molar-refractivity contribution in [3.63, 3.8) is 0 Å². The Morgan fingerprint density at radius 2 is 1.86 bits per heavy atom. The van der Waals surface area contributed by atoms with Gasteiger partial charge in [0.2, 0.25) is 5.60 Å². The normalized spacial score (nSPS) is 15.0. The van der Waals surface area contributed by atoms with Crippen LogP contribution in [0.2, 0.25) is 0 Å². The lowest BCUT2D eigenvalue weighted by Gasteiger charge is -2.30. The van der Waals surface area contributed by atoms with E-state index in [1.54, 1.807) is 18.2 Å².